The Morgan fingerprint density at radius 2 is 2.19 bits per heavy atom. The average Bonchev–Trinajstić information content (AvgIpc) is 2.99. The van der Waals surface area contributed by atoms with E-state index in [4.69, 9.17) is 5.73 Å². The molecule has 3 aromatic rings. The lowest BCUT2D eigenvalue weighted by Crippen LogP contribution is -2.03. The van der Waals surface area contributed by atoms with E-state index in [2.05, 4.69) is 10.3 Å². The van der Waals surface area contributed by atoms with Crippen molar-refractivity contribution in [3.8, 4) is 11.3 Å². The molecule has 1 amide bonds. The first-order chi connectivity index (χ1) is 10.1. The number of benzene rings is 1. The summed E-state index contributed by atoms with van der Waals surface area (Å²) in [6.07, 6.45) is 2.01. The predicted octanol–water partition coefficient (Wildman–Crippen LogP) is 2.22. The Morgan fingerprint density at radius 3 is 3.00 bits per heavy atom. The van der Waals surface area contributed by atoms with E-state index >= 15 is 0 Å². The van der Waals surface area contributed by atoms with Crippen molar-refractivity contribution in [3.63, 3.8) is 0 Å². The molecule has 4 rings (SSSR count). The number of aromatic nitrogens is 2. The van der Waals surface area contributed by atoms with E-state index in [1.807, 2.05) is 18.2 Å². The summed E-state index contributed by atoms with van der Waals surface area (Å²) in [4.78, 5) is 15.7. The minimum Gasteiger partial charge on any atom is -0.383 e. The van der Waals surface area contributed by atoms with E-state index in [-0.39, 0.29) is 11.6 Å². The molecule has 2 aromatic heterocycles. The van der Waals surface area contributed by atoms with Crippen LogP contribution in [0, 0.1) is 5.82 Å². The summed E-state index contributed by atoms with van der Waals surface area (Å²) in [5.74, 6) is -0.0774. The van der Waals surface area contributed by atoms with E-state index < -0.39 is 5.82 Å². The molecule has 0 unspecified atom stereocenters. The van der Waals surface area contributed by atoms with Gasteiger partial charge in [-0.2, -0.15) is 0 Å². The number of carbonyl (C=O) groups is 1. The van der Waals surface area contributed by atoms with Crippen LogP contribution in [-0.2, 0) is 11.2 Å². The second-order valence-corrected chi connectivity index (χ2v) is 4.99. The highest BCUT2D eigenvalue weighted by Gasteiger charge is 2.20. The fourth-order valence-electron chi connectivity index (χ4n) is 2.64. The van der Waals surface area contributed by atoms with E-state index in [1.165, 1.54) is 10.5 Å². The van der Waals surface area contributed by atoms with Crippen molar-refractivity contribution in [2.75, 3.05) is 11.1 Å². The van der Waals surface area contributed by atoms with E-state index in [1.54, 1.807) is 12.3 Å². The van der Waals surface area contributed by atoms with Crippen molar-refractivity contribution >= 4 is 23.1 Å². The van der Waals surface area contributed by atoms with Gasteiger partial charge >= 0.3 is 0 Å². The lowest BCUT2D eigenvalue weighted by Gasteiger charge is -2.03. The third-order valence-electron chi connectivity index (χ3n) is 3.64. The monoisotopic (exact) mass is 282 g/mol. The fourth-order valence-corrected chi connectivity index (χ4v) is 2.64. The summed E-state index contributed by atoms with van der Waals surface area (Å²) < 4.78 is 15.3. The second kappa shape index (κ2) is 4.05. The molecule has 104 valence electrons. The Balaban J connectivity index is 1.91. The van der Waals surface area contributed by atoms with Gasteiger partial charge in [0.15, 0.2) is 11.5 Å². The van der Waals surface area contributed by atoms with Gasteiger partial charge < -0.3 is 11.1 Å². The Kier molecular flexibility index (Phi) is 2.29. The Labute approximate surface area is 119 Å². The molecule has 3 heterocycles. The van der Waals surface area contributed by atoms with Gasteiger partial charge in [-0.25, -0.2) is 9.37 Å². The van der Waals surface area contributed by atoms with Crippen LogP contribution in [0.15, 0.2) is 36.5 Å². The van der Waals surface area contributed by atoms with Crippen LogP contribution in [-0.4, -0.2) is 15.3 Å². The number of imidazole rings is 1. The first-order valence-corrected chi connectivity index (χ1v) is 6.48. The number of fused-ring (bicyclic) bond motifs is 2. The molecule has 21 heavy (non-hydrogen) atoms. The van der Waals surface area contributed by atoms with Crippen LogP contribution < -0.4 is 11.1 Å². The molecule has 5 nitrogen and oxygen atoms in total. The number of halogens is 1. The molecule has 0 saturated heterocycles. The highest BCUT2D eigenvalue weighted by Crippen LogP contribution is 2.32. The van der Waals surface area contributed by atoms with Gasteiger partial charge in [-0.1, -0.05) is 6.07 Å². The predicted molar refractivity (Wildman–Crippen MR) is 77.3 cm³/mol. The zero-order valence-electron chi connectivity index (χ0n) is 10.9. The molecule has 1 aromatic carbocycles. The summed E-state index contributed by atoms with van der Waals surface area (Å²) >= 11 is 0. The summed E-state index contributed by atoms with van der Waals surface area (Å²) in [5.41, 5.74) is 9.24. The molecular weight excluding hydrogens is 271 g/mol. The van der Waals surface area contributed by atoms with Crippen molar-refractivity contribution in [2.24, 2.45) is 0 Å². The Bertz CT molecular complexity index is 900. The average molecular weight is 282 g/mol. The van der Waals surface area contributed by atoms with Gasteiger partial charge in [0.05, 0.1) is 6.42 Å². The van der Waals surface area contributed by atoms with Crippen LogP contribution in [0.25, 0.3) is 16.9 Å². The van der Waals surface area contributed by atoms with Crippen LogP contribution in [0.5, 0.6) is 0 Å². The normalized spacial score (nSPS) is 13.5. The molecule has 0 bridgehead atoms. The third kappa shape index (κ3) is 1.69. The SMILES string of the molecule is Nc1c(-c2ccc3c(c2)CC(=O)N3)nc2c(F)cccn12. The third-order valence-corrected chi connectivity index (χ3v) is 3.64. The molecule has 0 atom stereocenters. The van der Waals surface area contributed by atoms with Crippen LogP contribution >= 0.6 is 0 Å². The second-order valence-electron chi connectivity index (χ2n) is 4.99. The zero-order chi connectivity index (χ0) is 14.6. The number of pyridine rings is 1. The molecule has 0 aliphatic carbocycles. The van der Waals surface area contributed by atoms with Crippen LogP contribution in [0.1, 0.15) is 5.56 Å². The van der Waals surface area contributed by atoms with Crippen molar-refractivity contribution in [1.82, 2.24) is 9.38 Å². The number of nitrogens with zero attached hydrogens (tertiary/aromatic N) is 2. The van der Waals surface area contributed by atoms with E-state index in [0.717, 1.165) is 16.8 Å². The minimum absolute atomic E-state index is 0.0313. The smallest absolute Gasteiger partial charge is 0.228 e. The lowest BCUT2D eigenvalue weighted by molar-refractivity contribution is -0.115. The maximum atomic E-state index is 13.8. The molecule has 6 heteroatoms. The number of carbonyl (C=O) groups excluding carboxylic acids is 1. The molecule has 0 radical (unpaired) electrons. The number of amides is 1. The molecular formula is C15H11FN4O. The maximum Gasteiger partial charge on any atom is 0.228 e. The van der Waals surface area contributed by atoms with Crippen LogP contribution in [0.4, 0.5) is 15.9 Å². The molecule has 1 aliphatic rings. The Hall–Kier alpha value is -2.89. The minimum atomic E-state index is -0.423. The van der Waals surface area contributed by atoms with Crippen molar-refractivity contribution in [2.45, 2.75) is 6.42 Å². The number of nitrogens with one attached hydrogen (secondary N) is 1. The summed E-state index contributed by atoms with van der Waals surface area (Å²) in [7, 11) is 0. The zero-order valence-corrected chi connectivity index (χ0v) is 10.9. The largest absolute Gasteiger partial charge is 0.383 e. The van der Waals surface area contributed by atoms with Gasteiger partial charge in [0.1, 0.15) is 11.5 Å². The van der Waals surface area contributed by atoms with Gasteiger partial charge in [0.2, 0.25) is 5.91 Å². The van der Waals surface area contributed by atoms with Crippen molar-refractivity contribution < 1.29 is 9.18 Å². The van der Waals surface area contributed by atoms with E-state index in [9.17, 15) is 9.18 Å². The van der Waals surface area contributed by atoms with Crippen molar-refractivity contribution in [3.05, 3.63) is 47.9 Å². The fraction of sp³-hybridized carbons (Fsp3) is 0.0667. The number of rotatable bonds is 1. The number of nitrogen functional groups attached to an aromatic ring is 1. The van der Waals surface area contributed by atoms with Gasteiger partial charge in [-0.3, -0.25) is 9.20 Å². The summed E-state index contributed by atoms with van der Waals surface area (Å²) in [5, 5.41) is 2.77. The first-order valence-electron chi connectivity index (χ1n) is 6.48. The van der Waals surface area contributed by atoms with Gasteiger partial charge in [-0.15, -0.1) is 0 Å². The highest BCUT2D eigenvalue weighted by atomic mass is 19.1. The number of anilines is 2. The van der Waals surface area contributed by atoms with Gasteiger partial charge in [-0.05, 0) is 29.8 Å². The van der Waals surface area contributed by atoms with Gasteiger partial charge in [0.25, 0.3) is 0 Å². The molecule has 1 aliphatic heterocycles. The molecule has 3 N–H and O–H groups in total. The Morgan fingerprint density at radius 1 is 1.33 bits per heavy atom. The number of hydrogen-bond acceptors (Lipinski definition) is 3. The molecule has 0 spiro atoms. The van der Waals surface area contributed by atoms with Gasteiger partial charge in [0, 0.05) is 17.4 Å². The van der Waals surface area contributed by atoms with Crippen LogP contribution in [0.3, 0.4) is 0 Å². The number of hydrogen-bond donors (Lipinski definition) is 2. The van der Waals surface area contributed by atoms with E-state index in [0.29, 0.717) is 17.9 Å². The number of nitrogens with two attached hydrogens (primary N) is 1. The standard InChI is InChI=1S/C15H11FN4O/c16-10-2-1-5-20-14(17)13(19-15(10)20)8-3-4-11-9(6-8)7-12(21)18-11/h1-6H,7,17H2,(H,18,21). The molecule has 0 fully saturated rings. The summed E-state index contributed by atoms with van der Waals surface area (Å²) in [6.45, 7) is 0. The lowest BCUT2D eigenvalue weighted by atomic mass is 10.1. The molecule has 0 saturated carbocycles. The topological polar surface area (TPSA) is 72.4 Å². The van der Waals surface area contributed by atoms with Crippen LogP contribution in [0.2, 0.25) is 0 Å². The highest BCUT2D eigenvalue weighted by molar-refractivity contribution is 5.99. The van der Waals surface area contributed by atoms with Crippen molar-refractivity contribution in [1.29, 1.82) is 0 Å². The summed E-state index contributed by atoms with van der Waals surface area (Å²) in [6, 6.07) is 8.42. The first kappa shape index (κ1) is 11.9. The quantitative estimate of drug-likeness (QED) is 0.718. The maximum absolute atomic E-state index is 13.8.